The van der Waals surface area contributed by atoms with Crippen LogP contribution in [0.4, 0.5) is 5.69 Å². The first-order valence-electron chi connectivity index (χ1n) is 9.65. The maximum absolute atomic E-state index is 12.7. The van der Waals surface area contributed by atoms with Crippen LogP contribution in [0.15, 0.2) is 36.4 Å². The highest BCUT2D eigenvalue weighted by Crippen LogP contribution is 2.33. The summed E-state index contributed by atoms with van der Waals surface area (Å²) in [5.41, 5.74) is 5.12. The third kappa shape index (κ3) is 3.75. The zero-order chi connectivity index (χ0) is 19.6. The van der Waals surface area contributed by atoms with Gasteiger partial charge in [0.1, 0.15) is 5.75 Å². The molecule has 1 amide bonds. The highest BCUT2D eigenvalue weighted by Gasteiger charge is 2.38. The molecule has 1 aliphatic heterocycles. The first kappa shape index (κ1) is 19.2. The largest absolute Gasteiger partial charge is 0.426 e. The van der Waals surface area contributed by atoms with E-state index in [0.717, 1.165) is 40.8 Å². The van der Waals surface area contributed by atoms with Gasteiger partial charge in [0.2, 0.25) is 5.91 Å². The Kier molecular flexibility index (Phi) is 5.64. The van der Waals surface area contributed by atoms with Crippen molar-refractivity contribution < 1.29 is 14.3 Å². The SMILES string of the molecule is CCc1cccc(CC)c1N1C[C@H](C(=O)Oc2c(C)cccc2C)CC1=O. The van der Waals surface area contributed by atoms with Crippen molar-refractivity contribution in [2.75, 3.05) is 11.4 Å². The maximum atomic E-state index is 12.7. The third-order valence-corrected chi connectivity index (χ3v) is 5.30. The molecule has 0 radical (unpaired) electrons. The first-order valence-corrected chi connectivity index (χ1v) is 9.65. The summed E-state index contributed by atoms with van der Waals surface area (Å²) >= 11 is 0. The van der Waals surface area contributed by atoms with E-state index in [4.69, 9.17) is 4.74 Å². The standard InChI is InChI=1S/C23H27NO3/c1-5-17-11-8-12-18(6-2)21(17)24-14-19(13-20(24)25)23(26)27-22-15(3)9-7-10-16(22)4/h7-12,19H,5-6,13-14H2,1-4H3/t19-/m1/s1. The van der Waals surface area contributed by atoms with Crippen LogP contribution >= 0.6 is 0 Å². The van der Waals surface area contributed by atoms with Gasteiger partial charge in [-0.3, -0.25) is 9.59 Å². The first-order chi connectivity index (χ1) is 13.0. The Hall–Kier alpha value is -2.62. The number of nitrogens with zero attached hydrogens (tertiary/aromatic N) is 1. The zero-order valence-corrected chi connectivity index (χ0v) is 16.5. The number of hydrogen-bond donors (Lipinski definition) is 0. The molecule has 0 spiro atoms. The van der Waals surface area contributed by atoms with Crippen molar-refractivity contribution in [2.45, 2.75) is 47.0 Å². The van der Waals surface area contributed by atoms with Crippen LogP contribution in [0.5, 0.6) is 5.75 Å². The number of esters is 1. The van der Waals surface area contributed by atoms with Crippen molar-refractivity contribution in [1.29, 1.82) is 0 Å². The lowest BCUT2D eigenvalue weighted by Gasteiger charge is -2.23. The molecule has 0 aliphatic carbocycles. The van der Waals surface area contributed by atoms with Crippen LogP contribution in [-0.2, 0) is 22.4 Å². The molecule has 142 valence electrons. The van der Waals surface area contributed by atoms with E-state index in [1.54, 1.807) is 4.90 Å². The van der Waals surface area contributed by atoms with Crippen molar-refractivity contribution in [3.8, 4) is 5.75 Å². The van der Waals surface area contributed by atoms with Crippen LogP contribution in [0.1, 0.15) is 42.5 Å². The molecule has 0 bridgehead atoms. The van der Waals surface area contributed by atoms with Crippen molar-refractivity contribution in [1.82, 2.24) is 0 Å². The van der Waals surface area contributed by atoms with Gasteiger partial charge < -0.3 is 9.64 Å². The summed E-state index contributed by atoms with van der Waals surface area (Å²) in [7, 11) is 0. The van der Waals surface area contributed by atoms with Crippen LogP contribution in [0.3, 0.4) is 0 Å². The van der Waals surface area contributed by atoms with Crippen molar-refractivity contribution in [3.05, 3.63) is 58.7 Å². The van der Waals surface area contributed by atoms with Crippen molar-refractivity contribution >= 4 is 17.6 Å². The van der Waals surface area contributed by atoms with Gasteiger partial charge in [0, 0.05) is 18.7 Å². The predicted molar refractivity (Wildman–Crippen MR) is 107 cm³/mol. The molecule has 0 N–H and O–H groups in total. The topological polar surface area (TPSA) is 46.6 Å². The summed E-state index contributed by atoms with van der Waals surface area (Å²) in [5, 5.41) is 0. The molecule has 2 aromatic carbocycles. The molecule has 0 aromatic heterocycles. The number of ether oxygens (including phenoxy) is 1. The molecule has 4 heteroatoms. The fourth-order valence-corrected chi connectivity index (χ4v) is 3.79. The van der Waals surface area contributed by atoms with Gasteiger partial charge in [-0.1, -0.05) is 50.2 Å². The molecule has 3 rings (SSSR count). The Labute approximate surface area is 161 Å². The minimum Gasteiger partial charge on any atom is -0.426 e. The van der Waals surface area contributed by atoms with Gasteiger partial charge in [0.05, 0.1) is 5.92 Å². The lowest BCUT2D eigenvalue weighted by Crippen LogP contribution is -2.29. The lowest BCUT2D eigenvalue weighted by atomic mass is 10.0. The Bertz CT molecular complexity index is 829. The molecule has 0 saturated carbocycles. The molecule has 1 saturated heterocycles. The third-order valence-electron chi connectivity index (χ3n) is 5.30. The zero-order valence-electron chi connectivity index (χ0n) is 16.5. The fourth-order valence-electron chi connectivity index (χ4n) is 3.79. The Morgan fingerprint density at radius 3 is 2.15 bits per heavy atom. The normalized spacial score (nSPS) is 16.7. The Morgan fingerprint density at radius 1 is 1.04 bits per heavy atom. The Balaban J connectivity index is 1.83. The summed E-state index contributed by atoms with van der Waals surface area (Å²) in [5.74, 6) is -0.160. The number of carbonyl (C=O) groups excluding carboxylic acids is 2. The monoisotopic (exact) mass is 365 g/mol. The van der Waals surface area contributed by atoms with Gasteiger partial charge in [0.25, 0.3) is 0 Å². The summed E-state index contributed by atoms with van der Waals surface area (Å²) in [6.45, 7) is 8.41. The summed E-state index contributed by atoms with van der Waals surface area (Å²) in [4.78, 5) is 27.3. The number of para-hydroxylation sites is 2. The second-order valence-corrected chi connectivity index (χ2v) is 7.18. The average molecular weight is 365 g/mol. The lowest BCUT2D eigenvalue weighted by molar-refractivity contribution is -0.139. The van der Waals surface area contributed by atoms with Gasteiger partial charge >= 0.3 is 5.97 Å². The number of carbonyl (C=O) groups is 2. The average Bonchev–Trinajstić information content (AvgIpc) is 3.05. The summed E-state index contributed by atoms with van der Waals surface area (Å²) in [6.07, 6.45) is 1.90. The minimum atomic E-state index is -0.439. The van der Waals surface area contributed by atoms with Crippen LogP contribution in [0.25, 0.3) is 0 Å². The van der Waals surface area contributed by atoms with E-state index in [9.17, 15) is 9.59 Å². The number of anilines is 1. The second-order valence-electron chi connectivity index (χ2n) is 7.18. The predicted octanol–water partition coefficient (Wildman–Crippen LogP) is 4.39. The van der Waals surface area contributed by atoms with E-state index in [1.165, 1.54) is 0 Å². The van der Waals surface area contributed by atoms with Gasteiger partial charge in [-0.25, -0.2) is 0 Å². The molecule has 1 fully saturated rings. The molecule has 0 unspecified atom stereocenters. The quantitative estimate of drug-likeness (QED) is 0.583. The molecule has 1 atom stereocenters. The molecular formula is C23H27NO3. The van der Waals surface area contributed by atoms with Gasteiger partial charge in [-0.15, -0.1) is 0 Å². The number of hydrogen-bond acceptors (Lipinski definition) is 3. The highest BCUT2D eigenvalue weighted by atomic mass is 16.5. The van der Waals surface area contributed by atoms with Crippen molar-refractivity contribution in [2.24, 2.45) is 5.92 Å². The minimum absolute atomic E-state index is 0.00550. The molecule has 2 aromatic rings. The summed E-state index contributed by atoms with van der Waals surface area (Å²) in [6, 6.07) is 11.9. The number of benzene rings is 2. The molecular weight excluding hydrogens is 338 g/mol. The van der Waals surface area contributed by atoms with Crippen LogP contribution in [0.2, 0.25) is 0 Å². The van der Waals surface area contributed by atoms with E-state index in [-0.39, 0.29) is 18.3 Å². The van der Waals surface area contributed by atoms with Gasteiger partial charge in [-0.05, 0) is 48.9 Å². The fraction of sp³-hybridized carbons (Fsp3) is 0.391. The molecule has 27 heavy (non-hydrogen) atoms. The number of aryl methyl sites for hydroxylation is 4. The molecule has 1 heterocycles. The van der Waals surface area contributed by atoms with Gasteiger partial charge in [-0.2, -0.15) is 0 Å². The highest BCUT2D eigenvalue weighted by molar-refractivity contribution is 6.01. The molecule has 1 aliphatic rings. The smallest absolute Gasteiger partial charge is 0.316 e. The number of rotatable bonds is 5. The second kappa shape index (κ2) is 7.95. The van der Waals surface area contributed by atoms with Crippen molar-refractivity contribution in [3.63, 3.8) is 0 Å². The van der Waals surface area contributed by atoms with E-state index in [2.05, 4.69) is 26.0 Å². The maximum Gasteiger partial charge on any atom is 0.316 e. The van der Waals surface area contributed by atoms with Crippen LogP contribution < -0.4 is 9.64 Å². The molecule has 4 nitrogen and oxygen atoms in total. The van der Waals surface area contributed by atoms with E-state index in [1.807, 2.05) is 38.1 Å². The van der Waals surface area contributed by atoms with E-state index in [0.29, 0.717) is 12.3 Å². The van der Waals surface area contributed by atoms with Gasteiger partial charge in [0.15, 0.2) is 0 Å². The summed E-state index contributed by atoms with van der Waals surface area (Å²) < 4.78 is 5.69. The van der Waals surface area contributed by atoms with Crippen LogP contribution in [-0.4, -0.2) is 18.4 Å². The van der Waals surface area contributed by atoms with E-state index < -0.39 is 5.92 Å². The Morgan fingerprint density at radius 2 is 1.59 bits per heavy atom. The van der Waals surface area contributed by atoms with E-state index >= 15 is 0 Å². The van der Waals surface area contributed by atoms with Crippen LogP contribution in [0, 0.1) is 19.8 Å². The number of amides is 1.